The summed E-state index contributed by atoms with van der Waals surface area (Å²) in [6.07, 6.45) is 1.66. The molecule has 0 fully saturated rings. The Morgan fingerprint density at radius 3 is 2.65 bits per heavy atom. The Morgan fingerprint density at radius 1 is 1.19 bits per heavy atom. The van der Waals surface area contributed by atoms with Gasteiger partial charge in [-0.05, 0) is 43.2 Å². The molecule has 3 rings (SSSR count). The number of carbonyl (C=O) groups is 1. The molecule has 1 aromatic carbocycles. The lowest BCUT2D eigenvalue weighted by Gasteiger charge is -2.10. The van der Waals surface area contributed by atoms with Crippen LogP contribution >= 0.6 is 11.8 Å². The van der Waals surface area contributed by atoms with Crippen LogP contribution in [0, 0.1) is 13.8 Å². The number of ketones is 1. The summed E-state index contributed by atoms with van der Waals surface area (Å²) in [5.74, 6) is 2.40. The molecule has 0 saturated carbocycles. The molecular weight excluding hydrogens is 346 g/mol. The third-order valence-electron chi connectivity index (χ3n) is 4.32. The normalized spacial score (nSPS) is 11.3. The Bertz CT molecular complexity index is 898. The molecule has 0 unspecified atom stereocenters. The van der Waals surface area contributed by atoms with Crippen LogP contribution in [0.5, 0.6) is 0 Å². The van der Waals surface area contributed by atoms with Gasteiger partial charge in [-0.2, -0.15) is 0 Å². The first-order chi connectivity index (χ1) is 12.5. The number of furan rings is 1. The lowest BCUT2D eigenvalue weighted by Crippen LogP contribution is -2.09. The highest BCUT2D eigenvalue weighted by molar-refractivity contribution is 7.99. The maximum Gasteiger partial charge on any atom is 0.192 e. The summed E-state index contributed by atoms with van der Waals surface area (Å²) in [6.45, 7) is 8.79. The average molecular weight is 369 g/mol. The van der Waals surface area contributed by atoms with Gasteiger partial charge in [-0.1, -0.05) is 37.7 Å². The van der Waals surface area contributed by atoms with Crippen molar-refractivity contribution in [2.45, 2.75) is 45.3 Å². The highest BCUT2D eigenvalue weighted by Crippen LogP contribution is 2.24. The van der Waals surface area contributed by atoms with E-state index in [2.05, 4.69) is 24.0 Å². The summed E-state index contributed by atoms with van der Waals surface area (Å²) < 4.78 is 7.49. The number of aryl methyl sites for hydroxylation is 2. The predicted molar refractivity (Wildman–Crippen MR) is 103 cm³/mol. The summed E-state index contributed by atoms with van der Waals surface area (Å²) >= 11 is 1.42. The molecule has 0 aliphatic heterocycles. The maximum absolute atomic E-state index is 12.6. The van der Waals surface area contributed by atoms with Crippen LogP contribution in [0.25, 0.3) is 0 Å². The summed E-state index contributed by atoms with van der Waals surface area (Å²) in [7, 11) is 0. The zero-order valence-electron chi connectivity index (χ0n) is 15.5. The van der Waals surface area contributed by atoms with Crippen LogP contribution in [-0.4, -0.2) is 26.3 Å². The Hall–Kier alpha value is -2.34. The molecule has 2 aromatic heterocycles. The van der Waals surface area contributed by atoms with Crippen LogP contribution < -0.4 is 0 Å². The molecule has 6 heteroatoms. The third-order valence-corrected chi connectivity index (χ3v) is 5.28. The molecule has 0 atom stereocenters. The minimum absolute atomic E-state index is 0.0942. The van der Waals surface area contributed by atoms with Crippen LogP contribution in [-0.2, 0) is 6.54 Å². The lowest BCUT2D eigenvalue weighted by atomic mass is 10.0. The Labute approximate surface area is 157 Å². The number of hydrogen-bond donors (Lipinski definition) is 0. The van der Waals surface area contributed by atoms with Crippen LogP contribution in [0.3, 0.4) is 0 Å². The van der Waals surface area contributed by atoms with Crippen molar-refractivity contribution < 1.29 is 9.21 Å². The quantitative estimate of drug-likeness (QED) is 0.449. The van der Waals surface area contributed by atoms with Gasteiger partial charge in [0.25, 0.3) is 0 Å². The van der Waals surface area contributed by atoms with E-state index in [4.69, 9.17) is 4.42 Å². The smallest absolute Gasteiger partial charge is 0.192 e. The zero-order valence-corrected chi connectivity index (χ0v) is 16.3. The van der Waals surface area contributed by atoms with Crippen molar-refractivity contribution in [3.63, 3.8) is 0 Å². The van der Waals surface area contributed by atoms with Gasteiger partial charge in [-0.3, -0.25) is 9.36 Å². The molecule has 3 aromatic rings. The summed E-state index contributed by atoms with van der Waals surface area (Å²) in [5, 5.41) is 9.35. The number of aromatic nitrogens is 3. The van der Waals surface area contributed by atoms with Crippen molar-refractivity contribution in [3.05, 3.63) is 64.9 Å². The minimum atomic E-state index is 0.0942. The average Bonchev–Trinajstić information content (AvgIpc) is 3.25. The highest BCUT2D eigenvalue weighted by Gasteiger charge is 2.18. The first kappa shape index (κ1) is 18.5. The van der Waals surface area contributed by atoms with E-state index in [1.807, 2.05) is 48.7 Å². The number of nitrogens with zero attached hydrogens (tertiary/aromatic N) is 3. The molecule has 0 N–H and O–H groups in total. The monoisotopic (exact) mass is 369 g/mol. The molecule has 2 heterocycles. The molecule has 0 spiro atoms. The number of rotatable bonds is 7. The van der Waals surface area contributed by atoms with E-state index in [0.717, 1.165) is 27.9 Å². The molecule has 136 valence electrons. The van der Waals surface area contributed by atoms with Gasteiger partial charge in [0, 0.05) is 11.5 Å². The number of carbonyl (C=O) groups excluding carboxylic acids is 1. The Balaban J connectivity index is 1.76. The van der Waals surface area contributed by atoms with Crippen LogP contribution in [0.2, 0.25) is 0 Å². The van der Waals surface area contributed by atoms with Gasteiger partial charge in [0.15, 0.2) is 10.9 Å². The maximum atomic E-state index is 12.6. The van der Waals surface area contributed by atoms with E-state index in [-0.39, 0.29) is 11.7 Å². The van der Waals surface area contributed by atoms with Gasteiger partial charge in [-0.15, -0.1) is 10.2 Å². The molecular formula is C20H23N3O2S. The van der Waals surface area contributed by atoms with E-state index < -0.39 is 0 Å². The Morgan fingerprint density at radius 2 is 2.00 bits per heavy atom. The van der Waals surface area contributed by atoms with E-state index >= 15 is 0 Å². The van der Waals surface area contributed by atoms with Gasteiger partial charge in [0.05, 0.1) is 18.6 Å². The fourth-order valence-corrected chi connectivity index (χ4v) is 3.51. The summed E-state index contributed by atoms with van der Waals surface area (Å²) in [6, 6.07) is 9.62. The van der Waals surface area contributed by atoms with Crippen molar-refractivity contribution >= 4 is 17.5 Å². The van der Waals surface area contributed by atoms with Gasteiger partial charge >= 0.3 is 0 Å². The number of hydrogen-bond acceptors (Lipinski definition) is 5. The van der Waals surface area contributed by atoms with Gasteiger partial charge < -0.3 is 4.42 Å². The zero-order chi connectivity index (χ0) is 18.7. The highest BCUT2D eigenvalue weighted by atomic mass is 32.2. The molecule has 5 nitrogen and oxygen atoms in total. The van der Waals surface area contributed by atoms with Gasteiger partial charge in [0.2, 0.25) is 0 Å². The fraction of sp³-hybridized carbons (Fsp3) is 0.350. The topological polar surface area (TPSA) is 60.9 Å². The van der Waals surface area contributed by atoms with E-state index in [9.17, 15) is 4.79 Å². The second-order valence-corrected chi connectivity index (χ2v) is 7.61. The molecule has 0 aliphatic carbocycles. The molecule has 0 aliphatic rings. The van der Waals surface area contributed by atoms with Gasteiger partial charge in [0.1, 0.15) is 11.6 Å². The SMILES string of the molecule is Cc1ccc(C(=O)CSc2nnc(C(C)C)n2Cc2ccco2)cc1C. The molecule has 0 bridgehead atoms. The second kappa shape index (κ2) is 7.91. The van der Waals surface area contributed by atoms with Crippen LogP contribution in [0.1, 0.15) is 52.8 Å². The van der Waals surface area contributed by atoms with E-state index in [1.165, 1.54) is 17.3 Å². The Kier molecular flexibility index (Phi) is 5.61. The lowest BCUT2D eigenvalue weighted by molar-refractivity contribution is 0.102. The minimum Gasteiger partial charge on any atom is -0.467 e. The van der Waals surface area contributed by atoms with Gasteiger partial charge in [-0.25, -0.2) is 0 Å². The molecule has 0 radical (unpaired) electrons. The third kappa shape index (κ3) is 4.07. The summed E-state index contributed by atoms with van der Waals surface area (Å²) in [5.41, 5.74) is 3.06. The largest absolute Gasteiger partial charge is 0.467 e. The molecule has 0 amide bonds. The number of benzene rings is 1. The number of thioether (sulfide) groups is 1. The number of Topliss-reactive ketones (excluding diaryl/α,β-unsaturated/α-hetero) is 1. The van der Waals surface area contributed by atoms with Crippen molar-refractivity contribution in [3.8, 4) is 0 Å². The molecule has 26 heavy (non-hydrogen) atoms. The standard InChI is InChI=1S/C20H23N3O2S/c1-13(2)19-21-22-20(23(19)11-17-6-5-9-25-17)26-12-18(24)16-8-7-14(3)15(4)10-16/h5-10,13H,11-12H2,1-4H3. The second-order valence-electron chi connectivity index (χ2n) is 6.67. The summed E-state index contributed by atoms with van der Waals surface area (Å²) in [4.78, 5) is 12.6. The van der Waals surface area contributed by atoms with Crippen LogP contribution in [0.15, 0.2) is 46.2 Å². The van der Waals surface area contributed by atoms with E-state index in [0.29, 0.717) is 12.3 Å². The first-order valence-electron chi connectivity index (χ1n) is 8.64. The van der Waals surface area contributed by atoms with Crippen LogP contribution in [0.4, 0.5) is 0 Å². The predicted octanol–water partition coefficient (Wildman–Crippen LogP) is 4.63. The first-order valence-corrected chi connectivity index (χ1v) is 9.63. The fourth-order valence-electron chi connectivity index (χ4n) is 2.67. The van der Waals surface area contributed by atoms with Crippen molar-refractivity contribution in [2.24, 2.45) is 0 Å². The van der Waals surface area contributed by atoms with Crippen molar-refractivity contribution in [2.75, 3.05) is 5.75 Å². The molecule has 0 saturated heterocycles. The van der Waals surface area contributed by atoms with E-state index in [1.54, 1.807) is 6.26 Å². The van der Waals surface area contributed by atoms with Crippen molar-refractivity contribution in [1.29, 1.82) is 0 Å². The van der Waals surface area contributed by atoms with Crippen molar-refractivity contribution in [1.82, 2.24) is 14.8 Å².